The molecule has 7 heteroatoms. The summed E-state index contributed by atoms with van der Waals surface area (Å²) in [6.07, 6.45) is 6.06. The van der Waals surface area contributed by atoms with Crippen LogP contribution in [0.4, 0.5) is 4.79 Å². The number of benzene rings is 2. The molecule has 0 spiro atoms. The summed E-state index contributed by atoms with van der Waals surface area (Å²) in [4.78, 5) is 34.9. The topological polar surface area (TPSA) is 109 Å². The van der Waals surface area contributed by atoms with Gasteiger partial charge in [0.25, 0.3) is 0 Å². The fourth-order valence-corrected chi connectivity index (χ4v) is 4.57. The molecule has 2 atom stereocenters. The maximum Gasteiger partial charge on any atom is 0.314 e. The summed E-state index contributed by atoms with van der Waals surface area (Å²) in [7, 11) is 0. The van der Waals surface area contributed by atoms with Gasteiger partial charge in [0.1, 0.15) is 11.6 Å². The number of ketones is 1. The molecule has 1 fully saturated rings. The van der Waals surface area contributed by atoms with Crippen molar-refractivity contribution < 1.29 is 14.7 Å². The van der Waals surface area contributed by atoms with Crippen molar-refractivity contribution >= 4 is 11.8 Å². The lowest BCUT2D eigenvalue weighted by Crippen LogP contribution is -2.45. The van der Waals surface area contributed by atoms with Crippen LogP contribution in [0.25, 0.3) is 11.1 Å². The van der Waals surface area contributed by atoms with Gasteiger partial charge in [-0.25, -0.2) is 14.8 Å². The number of urea groups is 1. The van der Waals surface area contributed by atoms with E-state index >= 15 is 0 Å². The van der Waals surface area contributed by atoms with E-state index in [2.05, 4.69) is 41.2 Å². The van der Waals surface area contributed by atoms with Crippen molar-refractivity contribution in [3.8, 4) is 11.1 Å². The number of aliphatic hydroxyl groups excluding tert-OH is 1. The van der Waals surface area contributed by atoms with E-state index in [9.17, 15) is 14.7 Å². The Balaban J connectivity index is 1.36. The van der Waals surface area contributed by atoms with Gasteiger partial charge in [-0.3, -0.25) is 4.79 Å². The average Bonchev–Trinajstić information content (AvgIpc) is 2.89. The lowest BCUT2D eigenvalue weighted by atomic mass is 9.86. The largest absolute Gasteiger partial charge is 0.396 e. The van der Waals surface area contributed by atoms with Gasteiger partial charge in [-0.05, 0) is 36.5 Å². The molecular formula is C28H32N4O3. The highest BCUT2D eigenvalue weighted by molar-refractivity contribution is 5.83. The Labute approximate surface area is 206 Å². The summed E-state index contributed by atoms with van der Waals surface area (Å²) in [6, 6.07) is 15.7. The van der Waals surface area contributed by atoms with Crippen molar-refractivity contribution in [3.63, 3.8) is 0 Å². The number of piperidine rings is 1. The predicted octanol–water partition coefficient (Wildman–Crippen LogP) is 3.87. The van der Waals surface area contributed by atoms with Gasteiger partial charge in [0, 0.05) is 55.7 Å². The van der Waals surface area contributed by atoms with Crippen LogP contribution < -0.4 is 5.73 Å². The first kappa shape index (κ1) is 24.5. The number of amides is 2. The molecule has 2 unspecified atom stereocenters. The molecule has 7 nitrogen and oxygen atoms in total. The number of nitrogens with two attached hydrogens (primary N) is 1. The zero-order valence-electron chi connectivity index (χ0n) is 20.1. The second-order valence-corrected chi connectivity index (χ2v) is 9.35. The van der Waals surface area contributed by atoms with Crippen molar-refractivity contribution in [1.29, 1.82) is 0 Å². The molecule has 0 aliphatic carbocycles. The molecule has 1 aromatic heterocycles. The second kappa shape index (κ2) is 11.2. The summed E-state index contributed by atoms with van der Waals surface area (Å²) in [5, 5.41) is 9.95. The van der Waals surface area contributed by atoms with Gasteiger partial charge < -0.3 is 15.7 Å². The quantitative estimate of drug-likeness (QED) is 0.517. The Hall–Kier alpha value is -3.58. The van der Waals surface area contributed by atoms with E-state index in [1.165, 1.54) is 10.5 Å². The van der Waals surface area contributed by atoms with Crippen molar-refractivity contribution in [2.45, 2.75) is 38.5 Å². The van der Waals surface area contributed by atoms with E-state index in [0.717, 1.165) is 40.9 Å². The van der Waals surface area contributed by atoms with Crippen molar-refractivity contribution in [2.75, 3.05) is 19.7 Å². The molecular weight excluding hydrogens is 440 g/mol. The van der Waals surface area contributed by atoms with Gasteiger partial charge in [0.05, 0.1) is 6.61 Å². The molecule has 2 aromatic carbocycles. The monoisotopic (exact) mass is 472 g/mol. The predicted molar refractivity (Wildman–Crippen MR) is 135 cm³/mol. The summed E-state index contributed by atoms with van der Waals surface area (Å²) < 4.78 is 0. The third-order valence-corrected chi connectivity index (χ3v) is 6.76. The van der Waals surface area contributed by atoms with Crippen molar-refractivity contribution in [2.24, 2.45) is 11.7 Å². The molecule has 1 saturated heterocycles. The Morgan fingerprint density at radius 3 is 2.37 bits per heavy atom. The van der Waals surface area contributed by atoms with Crippen LogP contribution in [0.5, 0.6) is 0 Å². The van der Waals surface area contributed by atoms with Crippen LogP contribution in [-0.2, 0) is 11.2 Å². The van der Waals surface area contributed by atoms with E-state index in [1.54, 1.807) is 0 Å². The fourth-order valence-electron chi connectivity index (χ4n) is 4.57. The molecule has 0 bridgehead atoms. The Bertz CT molecular complexity index is 1140. The van der Waals surface area contributed by atoms with Crippen LogP contribution in [0.2, 0.25) is 0 Å². The number of rotatable bonds is 8. The maximum atomic E-state index is 12.9. The van der Waals surface area contributed by atoms with Gasteiger partial charge in [-0.1, -0.05) is 54.1 Å². The number of likely N-dealkylation sites (tertiary alicyclic amines) is 1. The Kier molecular flexibility index (Phi) is 7.87. The minimum atomic E-state index is -0.481. The summed E-state index contributed by atoms with van der Waals surface area (Å²) in [5.41, 5.74) is 10.6. The van der Waals surface area contributed by atoms with E-state index in [4.69, 9.17) is 5.73 Å². The standard InChI is InChI=1S/C28H32N4O3/c1-19-4-8-22(9-5-19)25-15-30-27(31-16-25)13-20-6-10-21(11-7-20)24(18-33)14-26(34)23-3-2-12-32(17-23)28(29)35/h4-11,15-16,23-24,33H,2-3,12-14,17-18H2,1H3,(H2,29,35). The van der Waals surface area contributed by atoms with Gasteiger partial charge in [0.2, 0.25) is 0 Å². The fraction of sp³-hybridized carbons (Fsp3) is 0.357. The summed E-state index contributed by atoms with van der Waals surface area (Å²) in [5.74, 6) is 0.315. The van der Waals surface area contributed by atoms with E-state index in [0.29, 0.717) is 19.5 Å². The molecule has 1 aliphatic rings. The third-order valence-electron chi connectivity index (χ3n) is 6.76. The molecule has 1 aliphatic heterocycles. The number of primary amides is 1. The Morgan fingerprint density at radius 2 is 1.74 bits per heavy atom. The minimum Gasteiger partial charge on any atom is -0.396 e. The first-order chi connectivity index (χ1) is 16.9. The van der Waals surface area contributed by atoms with Crippen molar-refractivity contribution in [1.82, 2.24) is 14.9 Å². The molecule has 2 amide bonds. The van der Waals surface area contributed by atoms with Crippen LogP contribution in [-0.4, -0.2) is 51.5 Å². The maximum absolute atomic E-state index is 12.9. The highest BCUT2D eigenvalue weighted by Gasteiger charge is 2.29. The molecule has 4 rings (SSSR count). The van der Waals surface area contributed by atoms with Crippen LogP contribution in [0.1, 0.15) is 47.7 Å². The van der Waals surface area contributed by atoms with Crippen LogP contribution in [0.15, 0.2) is 60.9 Å². The number of aliphatic hydroxyl groups is 1. The molecule has 3 aromatic rings. The summed E-state index contributed by atoms with van der Waals surface area (Å²) in [6.45, 7) is 2.92. The van der Waals surface area contributed by atoms with Crippen LogP contribution in [0.3, 0.4) is 0 Å². The second-order valence-electron chi connectivity index (χ2n) is 9.35. The van der Waals surface area contributed by atoms with Crippen molar-refractivity contribution in [3.05, 3.63) is 83.4 Å². The number of nitrogens with zero attached hydrogens (tertiary/aromatic N) is 3. The van der Waals surface area contributed by atoms with Crippen LogP contribution in [0, 0.1) is 12.8 Å². The highest BCUT2D eigenvalue weighted by atomic mass is 16.3. The Morgan fingerprint density at radius 1 is 1.06 bits per heavy atom. The van der Waals surface area contributed by atoms with E-state index < -0.39 is 6.03 Å². The van der Waals surface area contributed by atoms with Gasteiger partial charge in [-0.15, -0.1) is 0 Å². The molecule has 2 heterocycles. The molecule has 3 N–H and O–H groups in total. The van der Waals surface area contributed by atoms with Gasteiger partial charge >= 0.3 is 6.03 Å². The lowest BCUT2D eigenvalue weighted by molar-refractivity contribution is -0.124. The number of hydrogen-bond donors (Lipinski definition) is 2. The highest BCUT2D eigenvalue weighted by Crippen LogP contribution is 2.26. The zero-order chi connectivity index (χ0) is 24.8. The van der Waals surface area contributed by atoms with Gasteiger partial charge in [0.15, 0.2) is 0 Å². The first-order valence-corrected chi connectivity index (χ1v) is 12.1. The number of hydrogen-bond acceptors (Lipinski definition) is 5. The first-order valence-electron chi connectivity index (χ1n) is 12.1. The third kappa shape index (κ3) is 6.31. The molecule has 0 saturated carbocycles. The normalized spacial score (nSPS) is 16.6. The van der Waals surface area contributed by atoms with E-state index in [1.807, 2.05) is 36.7 Å². The van der Waals surface area contributed by atoms with E-state index in [-0.39, 0.29) is 30.6 Å². The SMILES string of the molecule is Cc1ccc(-c2cnc(Cc3ccc(C(CO)CC(=O)C4CCCN(C(N)=O)C4)cc3)nc2)cc1. The summed E-state index contributed by atoms with van der Waals surface area (Å²) >= 11 is 0. The van der Waals surface area contributed by atoms with Gasteiger partial charge in [-0.2, -0.15) is 0 Å². The number of aryl methyl sites for hydroxylation is 1. The number of aromatic nitrogens is 2. The minimum absolute atomic E-state index is 0.0705. The molecule has 35 heavy (non-hydrogen) atoms. The lowest BCUT2D eigenvalue weighted by Gasteiger charge is -2.31. The van der Waals surface area contributed by atoms with Crippen LogP contribution >= 0.6 is 0 Å². The smallest absolute Gasteiger partial charge is 0.314 e. The molecule has 0 radical (unpaired) electrons. The number of carbonyl (C=O) groups excluding carboxylic acids is 2. The number of Topliss-reactive ketones (excluding diaryl/α,β-unsaturated/α-hetero) is 1. The average molecular weight is 473 g/mol. The molecule has 182 valence electrons. The zero-order valence-corrected chi connectivity index (χ0v) is 20.1. The number of carbonyl (C=O) groups is 2.